The van der Waals surface area contributed by atoms with Crippen LogP contribution in [0.1, 0.15) is 13.3 Å². The number of hydrogen-bond acceptors (Lipinski definition) is 9. The summed E-state index contributed by atoms with van der Waals surface area (Å²) in [7, 11) is -2.11. The maximum absolute atomic E-state index is 11.5. The molecule has 0 radical (unpaired) electrons. The third-order valence-corrected chi connectivity index (χ3v) is 4.69. The fraction of sp³-hybridized carbons (Fsp3) is 0.824. The Hall–Kier alpha value is -1.64. The summed E-state index contributed by atoms with van der Waals surface area (Å²) in [6.45, 7) is 3.67. The van der Waals surface area contributed by atoms with Crippen LogP contribution in [-0.2, 0) is 43.4 Å². The van der Waals surface area contributed by atoms with Gasteiger partial charge in [0.15, 0.2) is 5.78 Å². The third-order valence-electron chi connectivity index (χ3n) is 3.33. The highest BCUT2D eigenvalue weighted by molar-refractivity contribution is 7.89. The van der Waals surface area contributed by atoms with Crippen molar-refractivity contribution in [2.24, 2.45) is 0 Å². The Morgan fingerprint density at radius 2 is 1.23 bits per heavy atom. The van der Waals surface area contributed by atoms with Crippen molar-refractivity contribution in [1.29, 1.82) is 0 Å². The summed E-state index contributed by atoms with van der Waals surface area (Å²) >= 11 is 0. The number of sulfonamides is 1. The van der Waals surface area contributed by atoms with Gasteiger partial charge in [0.2, 0.25) is 21.8 Å². The van der Waals surface area contributed by atoms with Crippen molar-refractivity contribution < 1.29 is 41.7 Å². The maximum atomic E-state index is 11.5. The number of hydrogen-bond donors (Lipinski definition) is 3. The van der Waals surface area contributed by atoms with Crippen molar-refractivity contribution in [2.75, 3.05) is 78.7 Å². The van der Waals surface area contributed by atoms with Gasteiger partial charge in [-0.3, -0.25) is 14.4 Å². The van der Waals surface area contributed by atoms with Crippen molar-refractivity contribution in [3.8, 4) is 0 Å². The SMILES string of the molecule is CNS(=O)(=O)CCC(=O)NCCOCCOCC(=O)NCCOCCOCC(C)=O. The van der Waals surface area contributed by atoms with Crippen molar-refractivity contribution >= 4 is 27.6 Å². The first-order valence-corrected chi connectivity index (χ1v) is 11.2. The zero-order valence-electron chi connectivity index (χ0n) is 17.6. The minimum absolute atomic E-state index is 0.0466. The van der Waals surface area contributed by atoms with E-state index in [0.29, 0.717) is 26.4 Å². The van der Waals surface area contributed by atoms with Crippen LogP contribution in [0.5, 0.6) is 0 Å². The minimum Gasteiger partial charge on any atom is -0.377 e. The lowest BCUT2D eigenvalue weighted by Gasteiger charge is -2.08. The molecule has 0 heterocycles. The molecule has 0 spiro atoms. The molecule has 0 saturated heterocycles. The van der Waals surface area contributed by atoms with Crippen LogP contribution in [0.25, 0.3) is 0 Å². The Balaban J connectivity index is 3.39. The Labute approximate surface area is 177 Å². The lowest BCUT2D eigenvalue weighted by molar-refractivity contribution is -0.127. The first-order valence-electron chi connectivity index (χ1n) is 9.52. The van der Waals surface area contributed by atoms with Gasteiger partial charge in [-0.05, 0) is 14.0 Å². The van der Waals surface area contributed by atoms with Crippen LogP contribution < -0.4 is 15.4 Å². The second-order valence-electron chi connectivity index (χ2n) is 6.00. The molecule has 0 aliphatic carbocycles. The highest BCUT2D eigenvalue weighted by atomic mass is 32.2. The fourth-order valence-electron chi connectivity index (χ4n) is 1.81. The molecule has 0 aromatic rings. The van der Waals surface area contributed by atoms with Crippen LogP contribution >= 0.6 is 0 Å². The van der Waals surface area contributed by atoms with Crippen LogP contribution in [0.4, 0.5) is 0 Å². The molecule has 0 fully saturated rings. The van der Waals surface area contributed by atoms with E-state index in [1.165, 1.54) is 14.0 Å². The summed E-state index contributed by atoms with van der Waals surface area (Å²) in [5.74, 6) is -0.976. The zero-order valence-corrected chi connectivity index (χ0v) is 18.4. The van der Waals surface area contributed by atoms with Gasteiger partial charge in [0.1, 0.15) is 13.2 Å². The fourth-order valence-corrected chi connectivity index (χ4v) is 2.47. The van der Waals surface area contributed by atoms with E-state index < -0.39 is 10.0 Å². The molecule has 12 nitrogen and oxygen atoms in total. The van der Waals surface area contributed by atoms with E-state index in [4.69, 9.17) is 18.9 Å². The van der Waals surface area contributed by atoms with Crippen molar-refractivity contribution in [1.82, 2.24) is 15.4 Å². The van der Waals surface area contributed by atoms with Gasteiger partial charge >= 0.3 is 0 Å². The van der Waals surface area contributed by atoms with Gasteiger partial charge in [-0.15, -0.1) is 0 Å². The van der Waals surface area contributed by atoms with Gasteiger partial charge in [-0.25, -0.2) is 13.1 Å². The van der Waals surface area contributed by atoms with E-state index in [2.05, 4.69) is 15.4 Å². The average molecular weight is 456 g/mol. The zero-order chi connectivity index (χ0) is 22.7. The Kier molecular flexibility index (Phi) is 17.2. The number of nitrogens with one attached hydrogen (secondary N) is 3. The smallest absolute Gasteiger partial charge is 0.246 e. The number of ketones is 1. The molecule has 0 bridgehead atoms. The van der Waals surface area contributed by atoms with E-state index in [9.17, 15) is 22.8 Å². The summed E-state index contributed by atoms with van der Waals surface area (Å²) in [5.41, 5.74) is 0. The molecule has 13 heteroatoms. The molecule has 3 N–H and O–H groups in total. The lowest BCUT2D eigenvalue weighted by Crippen LogP contribution is -2.32. The van der Waals surface area contributed by atoms with Crippen LogP contribution in [-0.4, -0.2) is 105 Å². The number of rotatable bonds is 20. The molecular formula is C17H33N3O9S. The molecule has 30 heavy (non-hydrogen) atoms. The van der Waals surface area contributed by atoms with Crippen LogP contribution in [0.2, 0.25) is 0 Å². The van der Waals surface area contributed by atoms with Crippen LogP contribution in [0.15, 0.2) is 0 Å². The van der Waals surface area contributed by atoms with E-state index >= 15 is 0 Å². The summed E-state index contributed by atoms with van der Waals surface area (Å²) in [6, 6.07) is 0. The minimum atomic E-state index is -3.40. The average Bonchev–Trinajstić information content (AvgIpc) is 2.70. The van der Waals surface area contributed by atoms with E-state index in [-0.39, 0.29) is 69.4 Å². The topological polar surface area (TPSA) is 158 Å². The predicted molar refractivity (Wildman–Crippen MR) is 107 cm³/mol. The molecule has 0 rings (SSSR count). The maximum Gasteiger partial charge on any atom is 0.246 e. The lowest BCUT2D eigenvalue weighted by atomic mass is 10.4. The predicted octanol–water partition coefficient (Wildman–Crippen LogP) is -2.19. The monoisotopic (exact) mass is 455 g/mol. The highest BCUT2D eigenvalue weighted by Crippen LogP contribution is 1.88. The number of amides is 2. The highest BCUT2D eigenvalue weighted by Gasteiger charge is 2.10. The van der Waals surface area contributed by atoms with Crippen LogP contribution in [0.3, 0.4) is 0 Å². The molecule has 0 unspecified atom stereocenters. The Morgan fingerprint density at radius 3 is 1.77 bits per heavy atom. The second kappa shape index (κ2) is 18.2. The van der Waals surface area contributed by atoms with E-state index in [1.807, 2.05) is 0 Å². The summed E-state index contributed by atoms with van der Waals surface area (Å²) < 4.78 is 45.2. The first-order chi connectivity index (χ1) is 14.3. The molecular weight excluding hydrogens is 422 g/mol. The Morgan fingerprint density at radius 1 is 0.733 bits per heavy atom. The van der Waals surface area contributed by atoms with Crippen molar-refractivity contribution in [3.63, 3.8) is 0 Å². The largest absolute Gasteiger partial charge is 0.377 e. The standard InChI is InChI=1S/C17H33N3O9S/c1-15(21)13-28-10-8-27-7-5-20-17(23)14-29-11-9-26-6-4-19-16(22)3-12-30(24,25)18-2/h18H,3-14H2,1-2H3,(H,19,22)(H,20,23). The third kappa shape index (κ3) is 19.7. The quantitative estimate of drug-likeness (QED) is 0.173. The molecule has 0 aliphatic rings. The van der Waals surface area contributed by atoms with Gasteiger partial charge in [-0.2, -0.15) is 0 Å². The molecule has 0 saturated carbocycles. The normalized spacial score (nSPS) is 11.3. The van der Waals surface area contributed by atoms with E-state index in [1.54, 1.807) is 0 Å². The van der Waals surface area contributed by atoms with Gasteiger partial charge < -0.3 is 29.6 Å². The van der Waals surface area contributed by atoms with Crippen molar-refractivity contribution in [3.05, 3.63) is 0 Å². The molecule has 0 atom stereocenters. The summed E-state index contributed by atoms with van der Waals surface area (Å²) in [5, 5.41) is 5.16. The molecule has 0 aromatic heterocycles. The van der Waals surface area contributed by atoms with Crippen LogP contribution in [0, 0.1) is 0 Å². The van der Waals surface area contributed by atoms with Gasteiger partial charge in [0.25, 0.3) is 0 Å². The first kappa shape index (κ1) is 28.4. The molecule has 0 aliphatic heterocycles. The number of ether oxygens (including phenoxy) is 4. The number of carbonyl (C=O) groups is 3. The number of Topliss-reactive ketones (excluding diaryl/α,β-unsaturated/α-hetero) is 1. The van der Waals surface area contributed by atoms with E-state index in [0.717, 1.165) is 0 Å². The molecule has 176 valence electrons. The molecule has 2 amide bonds. The number of carbonyl (C=O) groups excluding carboxylic acids is 3. The summed E-state index contributed by atoms with van der Waals surface area (Å²) in [6.07, 6.45) is -0.125. The van der Waals surface area contributed by atoms with Gasteiger partial charge in [-0.1, -0.05) is 0 Å². The Bertz CT molecular complexity index is 599. The van der Waals surface area contributed by atoms with Gasteiger partial charge in [0, 0.05) is 19.5 Å². The molecule has 0 aromatic carbocycles. The van der Waals surface area contributed by atoms with Crippen molar-refractivity contribution in [2.45, 2.75) is 13.3 Å². The van der Waals surface area contributed by atoms with Gasteiger partial charge in [0.05, 0.1) is 45.4 Å². The second-order valence-corrected chi connectivity index (χ2v) is 8.05. The summed E-state index contributed by atoms with van der Waals surface area (Å²) in [4.78, 5) is 33.6.